The molecule has 0 aliphatic carbocycles. The van der Waals surface area contributed by atoms with E-state index in [0.717, 1.165) is 51.9 Å². The van der Waals surface area contributed by atoms with E-state index in [1.165, 1.54) is 0 Å². The molecule has 4 rings (SSSR count). The van der Waals surface area contributed by atoms with Crippen LogP contribution in [0, 0.1) is 3.57 Å². The smallest absolute Gasteiger partial charge is 0.254 e. The molecule has 2 heterocycles. The highest BCUT2D eigenvalue weighted by atomic mass is 127. The largest absolute Gasteiger partial charge is 0.342 e. The molecule has 0 radical (unpaired) electrons. The first-order valence-corrected chi connectivity index (χ1v) is 9.29. The van der Waals surface area contributed by atoms with Crippen molar-refractivity contribution in [3.63, 3.8) is 0 Å². The van der Waals surface area contributed by atoms with Crippen LogP contribution in [0.25, 0.3) is 11.0 Å². The monoisotopic (exact) mass is 431 g/mol. The molecule has 1 aromatic heterocycles. The van der Waals surface area contributed by atoms with E-state index in [4.69, 9.17) is 4.98 Å². The van der Waals surface area contributed by atoms with Gasteiger partial charge in [-0.25, -0.2) is 4.98 Å². The van der Waals surface area contributed by atoms with E-state index in [9.17, 15) is 4.79 Å². The van der Waals surface area contributed by atoms with Gasteiger partial charge in [-0.15, -0.1) is 0 Å². The second-order valence-electron chi connectivity index (χ2n) is 6.21. The summed E-state index contributed by atoms with van der Waals surface area (Å²) >= 11 is 2.23. The third-order valence-corrected chi connectivity index (χ3v) is 5.55. The van der Waals surface area contributed by atoms with Crippen LogP contribution < -0.4 is 0 Å². The number of benzene rings is 2. The minimum absolute atomic E-state index is 0.126. The lowest BCUT2D eigenvalue weighted by molar-refractivity contribution is 0.0704. The van der Waals surface area contributed by atoms with Crippen LogP contribution in [0.4, 0.5) is 0 Å². The molecule has 0 unspecified atom stereocenters. The predicted octanol–water partition coefficient (Wildman–Crippen LogP) is 4.19. The number of piperidine rings is 1. The summed E-state index contributed by atoms with van der Waals surface area (Å²) in [5.41, 5.74) is 2.85. The Labute approximate surface area is 154 Å². The van der Waals surface area contributed by atoms with Crippen LogP contribution >= 0.6 is 22.6 Å². The molecule has 1 saturated heterocycles. The molecule has 5 heteroatoms. The number of hydrogen-bond acceptors (Lipinski definition) is 2. The second-order valence-corrected chi connectivity index (χ2v) is 7.37. The first-order chi connectivity index (χ1) is 11.7. The molecule has 1 amide bonds. The summed E-state index contributed by atoms with van der Waals surface area (Å²) < 4.78 is 1.01. The fourth-order valence-corrected chi connectivity index (χ4v) is 3.97. The number of carbonyl (C=O) groups excluding carboxylic acids is 1. The number of aromatic nitrogens is 2. The van der Waals surface area contributed by atoms with Gasteiger partial charge >= 0.3 is 0 Å². The van der Waals surface area contributed by atoms with E-state index in [0.29, 0.717) is 0 Å². The van der Waals surface area contributed by atoms with Gasteiger partial charge in [-0.05, 0) is 59.7 Å². The lowest BCUT2D eigenvalue weighted by Gasteiger charge is -2.32. The quantitative estimate of drug-likeness (QED) is 0.619. The highest BCUT2D eigenvalue weighted by molar-refractivity contribution is 14.1. The van der Waals surface area contributed by atoms with Crippen molar-refractivity contribution in [3.05, 3.63) is 63.5 Å². The van der Waals surface area contributed by atoms with Crippen LogP contribution in [0.15, 0.2) is 48.5 Å². The van der Waals surface area contributed by atoms with Crippen LogP contribution in [-0.4, -0.2) is 33.9 Å². The van der Waals surface area contributed by atoms with Crippen LogP contribution in [0.1, 0.15) is 34.9 Å². The van der Waals surface area contributed by atoms with Crippen molar-refractivity contribution in [1.29, 1.82) is 0 Å². The molecule has 0 bridgehead atoms. The topological polar surface area (TPSA) is 49.0 Å². The highest BCUT2D eigenvalue weighted by Gasteiger charge is 2.28. The number of para-hydroxylation sites is 2. The molecule has 2 aromatic carbocycles. The Bertz CT molecular complexity index is 856. The van der Waals surface area contributed by atoms with Crippen molar-refractivity contribution in [2.24, 2.45) is 0 Å². The number of H-pyrrole nitrogens is 1. The lowest BCUT2D eigenvalue weighted by Crippen LogP contribution is -2.39. The Balaban J connectivity index is 1.57. The fraction of sp³-hybridized carbons (Fsp3) is 0.263. The molecular weight excluding hydrogens is 413 g/mol. The first-order valence-electron chi connectivity index (χ1n) is 8.21. The van der Waals surface area contributed by atoms with Crippen LogP contribution in [-0.2, 0) is 0 Å². The zero-order chi connectivity index (χ0) is 16.5. The molecule has 122 valence electrons. The van der Waals surface area contributed by atoms with Crippen molar-refractivity contribution >= 4 is 39.5 Å². The Morgan fingerprint density at radius 2 is 1.96 bits per heavy atom. The van der Waals surface area contributed by atoms with Gasteiger partial charge in [0.15, 0.2) is 0 Å². The molecule has 24 heavy (non-hydrogen) atoms. The highest BCUT2D eigenvalue weighted by Crippen LogP contribution is 2.28. The van der Waals surface area contributed by atoms with Crippen molar-refractivity contribution < 1.29 is 4.79 Å². The zero-order valence-corrected chi connectivity index (χ0v) is 15.4. The van der Waals surface area contributed by atoms with E-state index in [1.807, 2.05) is 53.4 Å². The molecule has 0 spiro atoms. The second kappa shape index (κ2) is 6.55. The average molecular weight is 431 g/mol. The van der Waals surface area contributed by atoms with Crippen molar-refractivity contribution in [1.82, 2.24) is 14.9 Å². The summed E-state index contributed by atoms with van der Waals surface area (Å²) in [6.45, 7) is 1.55. The maximum atomic E-state index is 12.9. The lowest BCUT2D eigenvalue weighted by atomic mass is 9.96. The summed E-state index contributed by atoms with van der Waals surface area (Å²) in [5, 5.41) is 0. The van der Waals surface area contributed by atoms with E-state index < -0.39 is 0 Å². The molecule has 1 atom stereocenters. The standard InChI is InChI=1S/C19H18IN3O/c20-15-8-2-1-7-14(15)19(24)23-11-5-6-13(12-23)18-21-16-9-3-4-10-17(16)22-18/h1-4,7-10,13H,5-6,11-12H2,(H,21,22)/t13-/m1/s1. The number of nitrogens with zero attached hydrogens (tertiary/aromatic N) is 2. The predicted molar refractivity (Wildman–Crippen MR) is 103 cm³/mol. The minimum Gasteiger partial charge on any atom is -0.342 e. The van der Waals surface area contributed by atoms with Gasteiger partial charge < -0.3 is 9.88 Å². The van der Waals surface area contributed by atoms with Crippen LogP contribution in [0.5, 0.6) is 0 Å². The van der Waals surface area contributed by atoms with E-state index in [-0.39, 0.29) is 11.8 Å². The SMILES string of the molecule is O=C(c1ccccc1I)N1CCC[C@@H](c2nc3ccccc3[nH]2)C1. The van der Waals surface area contributed by atoms with Gasteiger partial charge in [-0.3, -0.25) is 4.79 Å². The van der Waals surface area contributed by atoms with Gasteiger partial charge in [0.2, 0.25) is 0 Å². The maximum Gasteiger partial charge on any atom is 0.254 e. The van der Waals surface area contributed by atoms with Gasteiger partial charge in [-0.2, -0.15) is 0 Å². The van der Waals surface area contributed by atoms with Gasteiger partial charge in [0.25, 0.3) is 5.91 Å². The van der Waals surface area contributed by atoms with Gasteiger partial charge in [-0.1, -0.05) is 24.3 Å². The first kappa shape index (κ1) is 15.6. The number of fused-ring (bicyclic) bond motifs is 1. The Morgan fingerprint density at radius 1 is 1.17 bits per heavy atom. The Kier molecular flexibility index (Phi) is 4.26. The summed E-state index contributed by atoms with van der Waals surface area (Å²) in [7, 11) is 0. The molecule has 1 aliphatic rings. The van der Waals surface area contributed by atoms with E-state index in [1.54, 1.807) is 0 Å². The van der Waals surface area contributed by atoms with E-state index >= 15 is 0 Å². The molecule has 0 saturated carbocycles. The Morgan fingerprint density at radius 3 is 2.79 bits per heavy atom. The van der Waals surface area contributed by atoms with Crippen LogP contribution in [0.2, 0.25) is 0 Å². The molecule has 1 fully saturated rings. The number of amides is 1. The van der Waals surface area contributed by atoms with Gasteiger partial charge in [0.1, 0.15) is 5.82 Å². The average Bonchev–Trinajstić information content (AvgIpc) is 3.06. The zero-order valence-electron chi connectivity index (χ0n) is 13.2. The number of aromatic amines is 1. The molecule has 1 aliphatic heterocycles. The molecular formula is C19H18IN3O. The summed E-state index contributed by atoms with van der Waals surface area (Å²) in [6, 6.07) is 15.9. The van der Waals surface area contributed by atoms with Gasteiger partial charge in [0, 0.05) is 22.6 Å². The van der Waals surface area contributed by atoms with Crippen LogP contribution in [0.3, 0.4) is 0 Å². The summed E-state index contributed by atoms with van der Waals surface area (Å²) in [5.74, 6) is 1.40. The van der Waals surface area contributed by atoms with Crippen molar-refractivity contribution in [2.75, 3.05) is 13.1 Å². The minimum atomic E-state index is 0.126. The number of likely N-dealkylation sites (tertiary alicyclic amines) is 1. The number of carbonyl (C=O) groups is 1. The third kappa shape index (κ3) is 2.92. The van der Waals surface area contributed by atoms with Crippen molar-refractivity contribution in [3.8, 4) is 0 Å². The van der Waals surface area contributed by atoms with Gasteiger partial charge in [0.05, 0.1) is 16.6 Å². The molecule has 4 nitrogen and oxygen atoms in total. The van der Waals surface area contributed by atoms with E-state index in [2.05, 4.69) is 27.6 Å². The fourth-order valence-electron chi connectivity index (χ4n) is 3.36. The number of rotatable bonds is 2. The number of imidazole rings is 1. The maximum absolute atomic E-state index is 12.9. The van der Waals surface area contributed by atoms with Crippen molar-refractivity contribution in [2.45, 2.75) is 18.8 Å². The number of nitrogens with one attached hydrogen (secondary N) is 1. The number of halogens is 1. The number of hydrogen-bond donors (Lipinski definition) is 1. The molecule has 1 N–H and O–H groups in total. The molecule has 3 aromatic rings. The third-order valence-electron chi connectivity index (χ3n) is 4.61. The Hall–Kier alpha value is -1.89. The summed E-state index contributed by atoms with van der Waals surface area (Å²) in [6.07, 6.45) is 2.08. The normalized spacial score (nSPS) is 18.0. The summed E-state index contributed by atoms with van der Waals surface area (Å²) in [4.78, 5) is 23.0.